The van der Waals surface area contributed by atoms with Crippen molar-refractivity contribution in [3.63, 3.8) is 0 Å². The fourth-order valence-electron chi connectivity index (χ4n) is 2.52. The van der Waals surface area contributed by atoms with Crippen LogP contribution in [-0.2, 0) is 6.42 Å². The molecule has 0 aliphatic heterocycles. The number of hydrogen-bond donors (Lipinski definition) is 1. The molecule has 0 amide bonds. The maximum atomic E-state index is 5.74. The first-order valence-electron chi connectivity index (χ1n) is 6.81. The third kappa shape index (κ3) is 2.18. The Hall–Kier alpha value is -2.20. The van der Waals surface area contributed by atoms with E-state index in [2.05, 4.69) is 23.3 Å². The van der Waals surface area contributed by atoms with E-state index in [9.17, 15) is 0 Å². The van der Waals surface area contributed by atoms with Crippen molar-refractivity contribution in [3.8, 4) is 5.82 Å². The van der Waals surface area contributed by atoms with Crippen molar-refractivity contribution in [1.82, 2.24) is 14.8 Å². The summed E-state index contributed by atoms with van der Waals surface area (Å²) < 4.78 is 1.91. The molecule has 0 aliphatic rings. The lowest BCUT2D eigenvalue weighted by Gasteiger charge is -2.11. The molecule has 2 aromatic heterocycles. The number of para-hydroxylation sites is 1. The van der Waals surface area contributed by atoms with Gasteiger partial charge >= 0.3 is 0 Å². The van der Waals surface area contributed by atoms with Gasteiger partial charge in [-0.1, -0.05) is 18.2 Å². The number of benzene rings is 1. The minimum atomic E-state index is 0.603. The zero-order chi connectivity index (χ0) is 14.1. The lowest BCUT2D eigenvalue weighted by molar-refractivity contribution is 0.790. The quantitative estimate of drug-likeness (QED) is 0.792. The summed E-state index contributed by atoms with van der Waals surface area (Å²) in [5.41, 5.74) is 9.94. The fourth-order valence-corrected chi connectivity index (χ4v) is 2.52. The van der Waals surface area contributed by atoms with E-state index in [1.165, 1.54) is 0 Å². The first kappa shape index (κ1) is 12.8. The molecule has 102 valence electrons. The first-order valence-corrected chi connectivity index (χ1v) is 6.81. The molecule has 0 fully saturated rings. The molecular formula is C16H18N4. The Bertz CT molecular complexity index is 758. The lowest BCUT2D eigenvalue weighted by atomic mass is 10.1. The van der Waals surface area contributed by atoms with Gasteiger partial charge in [-0.05, 0) is 50.6 Å². The zero-order valence-corrected chi connectivity index (χ0v) is 11.8. The SMILES string of the molecule is Cc1cc(C)n(-c2nc3ccccc3cc2CCN)n1. The number of aromatic nitrogens is 3. The smallest absolute Gasteiger partial charge is 0.157 e. The number of nitrogens with two attached hydrogens (primary N) is 1. The molecule has 0 aliphatic carbocycles. The van der Waals surface area contributed by atoms with Crippen LogP contribution in [0.15, 0.2) is 36.4 Å². The third-order valence-corrected chi connectivity index (χ3v) is 3.40. The summed E-state index contributed by atoms with van der Waals surface area (Å²) in [4.78, 5) is 4.78. The van der Waals surface area contributed by atoms with Crippen LogP contribution in [0.1, 0.15) is 17.0 Å². The minimum absolute atomic E-state index is 0.603. The summed E-state index contributed by atoms with van der Waals surface area (Å²) >= 11 is 0. The summed E-state index contributed by atoms with van der Waals surface area (Å²) in [7, 11) is 0. The van der Waals surface area contributed by atoms with Crippen LogP contribution >= 0.6 is 0 Å². The number of rotatable bonds is 3. The number of pyridine rings is 1. The topological polar surface area (TPSA) is 56.7 Å². The molecule has 0 saturated heterocycles. The van der Waals surface area contributed by atoms with Gasteiger partial charge in [-0.2, -0.15) is 5.10 Å². The first-order chi connectivity index (χ1) is 9.69. The van der Waals surface area contributed by atoms with Gasteiger partial charge in [-0.25, -0.2) is 9.67 Å². The molecular weight excluding hydrogens is 248 g/mol. The van der Waals surface area contributed by atoms with Crippen LogP contribution in [0, 0.1) is 13.8 Å². The van der Waals surface area contributed by atoms with Gasteiger partial charge in [0.25, 0.3) is 0 Å². The lowest BCUT2D eigenvalue weighted by Crippen LogP contribution is -2.10. The molecule has 0 unspecified atom stereocenters. The monoisotopic (exact) mass is 266 g/mol. The molecule has 2 N–H and O–H groups in total. The van der Waals surface area contributed by atoms with Crippen molar-refractivity contribution in [3.05, 3.63) is 53.3 Å². The normalized spacial score (nSPS) is 11.2. The largest absolute Gasteiger partial charge is 0.330 e. The maximum Gasteiger partial charge on any atom is 0.157 e. The van der Waals surface area contributed by atoms with Gasteiger partial charge in [0.2, 0.25) is 0 Å². The second-order valence-electron chi connectivity index (χ2n) is 5.04. The number of fused-ring (bicyclic) bond motifs is 1. The molecule has 0 bridgehead atoms. The number of aryl methyl sites for hydroxylation is 2. The summed E-state index contributed by atoms with van der Waals surface area (Å²) in [5, 5.41) is 5.68. The Kier molecular flexibility index (Phi) is 3.24. The molecule has 3 rings (SSSR count). The highest BCUT2D eigenvalue weighted by Crippen LogP contribution is 2.21. The Balaban J connectivity index is 2.26. The molecule has 20 heavy (non-hydrogen) atoms. The summed E-state index contributed by atoms with van der Waals surface area (Å²) in [6.07, 6.45) is 0.797. The number of nitrogens with zero attached hydrogens (tertiary/aromatic N) is 3. The van der Waals surface area contributed by atoms with E-state index in [1.807, 2.05) is 36.7 Å². The third-order valence-electron chi connectivity index (χ3n) is 3.40. The van der Waals surface area contributed by atoms with Crippen molar-refractivity contribution in [1.29, 1.82) is 0 Å². The zero-order valence-electron chi connectivity index (χ0n) is 11.8. The van der Waals surface area contributed by atoms with E-state index >= 15 is 0 Å². The molecule has 4 heteroatoms. The van der Waals surface area contributed by atoms with Gasteiger partial charge in [0.1, 0.15) is 0 Å². The van der Waals surface area contributed by atoms with E-state index in [1.54, 1.807) is 0 Å². The fraction of sp³-hybridized carbons (Fsp3) is 0.250. The Morgan fingerprint density at radius 1 is 1.15 bits per heavy atom. The molecule has 2 heterocycles. The van der Waals surface area contributed by atoms with E-state index in [0.717, 1.165) is 40.1 Å². The second kappa shape index (κ2) is 5.06. The molecule has 1 aromatic carbocycles. The van der Waals surface area contributed by atoms with Crippen LogP contribution in [0.25, 0.3) is 16.7 Å². The molecule has 0 radical (unpaired) electrons. The minimum Gasteiger partial charge on any atom is -0.330 e. The number of hydrogen-bond acceptors (Lipinski definition) is 3. The van der Waals surface area contributed by atoms with Gasteiger partial charge < -0.3 is 5.73 Å². The van der Waals surface area contributed by atoms with Crippen LogP contribution in [0.5, 0.6) is 0 Å². The predicted octanol–water partition coefficient (Wildman–Crippen LogP) is 2.54. The summed E-state index contributed by atoms with van der Waals surface area (Å²) in [6.45, 7) is 4.64. The molecule has 4 nitrogen and oxygen atoms in total. The van der Waals surface area contributed by atoms with Crippen molar-refractivity contribution in [2.75, 3.05) is 6.54 Å². The highest BCUT2D eigenvalue weighted by Gasteiger charge is 2.11. The summed E-state index contributed by atoms with van der Waals surface area (Å²) in [6, 6.07) is 12.4. The standard InChI is InChI=1S/C16H18N4/c1-11-9-12(2)20(19-11)16-14(7-8-17)10-13-5-3-4-6-15(13)18-16/h3-6,9-10H,7-8,17H2,1-2H3. The van der Waals surface area contributed by atoms with E-state index < -0.39 is 0 Å². The molecule has 3 aromatic rings. The van der Waals surface area contributed by atoms with E-state index in [0.29, 0.717) is 6.54 Å². The highest BCUT2D eigenvalue weighted by atomic mass is 15.3. The Morgan fingerprint density at radius 3 is 2.65 bits per heavy atom. The van der Waals surface area contributed by atoms with Crippen LogP contribution in [0.4, 0.5) is 0 Å². The van der Waals surface area contributed by atoms with Gasteiger partial charge in [-0.3, -0.25) is 0 Å². The Labute approximate surface area is 118 Å². The summed E-state index contributed by atoms with van der Waals surface area (Å²) in [5.74, 6) is 0.889. The van der Waals surface area contributed by atoms with E-state index in [-0.39, 0.29) is 0 Å². The predicted molar refractivity (Wildman–Crippen MR) is 81.1 cm³/mol. The van der Waals surface area contributed by atoms with Crippen molar-refractivity contribution >= 4 is 10.9 Å². The van der Waals surface area contributed by atoms with Gasteiger partial charge in [0.05, 0.1) is 11.2 Å². The molecule has 0 saturated carbocycles. The van der Waals surface area contributed by atoms with Gasteiger partial charge in [0, 0.05) is 11.1 Å². The van der Waals surface area contributed by atoms with Crippen LogP contribution in [0.3, 0.4) is 0 Å². The second-order valence-corrected chi connectivity index (χ2v) is 5.04. The average molecular weight is 266 g/mol. The van der Waals surface area contributed by atoms with Crippen LogP contribution in [-0.4, -0.2) is 21.3 Å². The van der Waals surface area contributed by atoms with Crippen molar-refractivity contribution in [2.24, 2.45) is 5.73 Å². The van der Waals surface area contributed by atoms with Crippen molar-refractivity contribution < 1.29 is 0 Å². The van der Waals surface area contributed by atoms with Gasteiger partial charge in [-0.15, -0.1) is 0 Å². The van der Waals surface area contributed by atoms with Crippen molar-refractivity contribution in [2.45, 2.75) is 20.3 Å². The maximum absolute atomic E-state index is 5.74. The van der Waals surface area contributed by atoms with Gasteiger partial charge in [0.15, 0.2) is 5.82 Å². The average Bonchev–Trinajstić information content (AvgIpc) is 2.77. The highest BCUT2D eigenvalue weighted by molar-refractivity contribution is 5.80. The Morgan fingerprint density at radius 2 is 1.95 bits per heavy atom. The van der Waals surface area contributed by atoms with Crippen LogP contribution < -0.4 is 5.73 Å². The molecule has 0 spiro atoms. The molecule has 0 atom stereocenters. The van der Waals surface area contributed by atoms with E-state index in [4.69, 9.17) is 10.7 Å². The van der Waals surface area contributed by atoms with Crippen LogP contribution in [0.2, 0.25) is 0 Å².